The van der Waals surface area contributed by atoms with Crippen molar-refractivity contribution in [3.8, 4) is 5.75 Å². The highest BCUT2D eigenvalue weighted by Crippen LogP contribution is 2.25. The van der Waals surface area contributed by atoms with Gasteiger partial charge in [-0.2, -0.15) is 0 Å². The summed E-state index contributed by atoms with van der Waals surface area (Å²) in [6.07, 6.45) is 0. The second-order valence-electron chi connectivity index (χ2n) is 3.91. The summed E-state index contributed by atoms with van der Waals surface area (Å²) < 4.78 is 5.14. The van der Waals surface area contributed by atoms with Crippen molar-refractivity contribution in [2.75, 3.05) is 19.9 Å². The van der Waals surface area contributed by atoms with Crippen LogP contribution in [0.4, 0.5) is 0 Å². The Labute approximate surface area is 106 Å². The summed E-state index contributed by atoms with van der Waals surface area (Å²) in [7, 11) is 3.36. The molecule has 1 amide bonds. The molecule has 1 unspecified atom stereocenters. The quantitative estimate of drug-likeness (QED) is 0.750. The van der Waals surface area contributed by atoms with Gasteiger partial charge in [0.15, 0.2) is 0 Å². The zero-order valence-electron chi connectivity index (χ0n) is 10.3. The Hall–Kier alpha value is -1.20. The smallest absolute Gasteiger partial charge is 0.238 e. The molecule has 0 saturated heterocycles. The second-order valence-corrected chi connectivity index (χ2v) is 4.96. The van der Waals surface area contributed by atoms with Gasteiger partial charge in [0.05, 0.1) is 7.11 Å². The number of hydrogen-bond acceptors (Lipinski definition) is 4. The van der Waals surface area contributed by atoms with Gasteiger partial charge in [-0.3, -0.25) is 4.79 Å². The number of nitrogens with two attached hydrogens (primary N) is 1. The van der Waals surface area contributed by atoms with E-state index in [1.54, 1.807) is 32.8 Å². The second kappa shape index (κ2) is 5.93. The van der Waals surface area contributed by atoms with E-state index in [1.807, 2.05) is 24.3 Å². The Morgan fingerprint density at radius 1 is 1.59 bits per heavy atom. The Bertz CT molecular complexity index is 398. The molecule has 0 aromatic heterocycles. The fraction of sp³-hybridized carbons (Fsp3) is 0.417. The number of ether oxygens (including phenoxy) is 1. The Balaban J connectivity index is 2.69. The minimum atomic E-state index is -0.701. The summed E-state index contributed by atoms with van der Waals surface area (Å²) in [5.41, 5.74) is 4.66. The van der Waals surface area contributed by atoms with E-state index in [0.29, 0.717) is 5.75 Å². The SMILES string of the molecule is CNC(C)(CSc1cccc(OC)c1)C(N)=O. The van der Waals surface area contributed by atoms with E-state index in [0.717, 1.165) is 10.6 Å². The molecule has 0 aliphatic heterocycles. The molecular weight excluding hydrogens is 236 g/mol. The molecule has 0 aliphatic carbocycles. The fourth-order valence-electron chi connectivity index (χ4n) is 1.19. The molecule has 5 heteroatoms. The number of hydrogen-bond donors (Lipinski definition) is 2. The van der Waals surface area contributed by atoms with Crippen LogP contribution in [-0.2, 0) is 4.79 Å². The first-order chi connectivity index (χ1) is 8.01. The summed E-state index contributed by atoms with van der Waals surface area (Å²) in [6.45, 7) is 1.79. The van der Waals surface area contributed by atoms with E-state index in [-0.39, 0.29) is 5.91 Å². The molecule has 94 valence electrons. The molecule has 1 aromatic carbocycles. The van der Waals surface area contributed by atoms with Gasteiger partial charge in [-0.15, -0.1) is 11.8 Å². The molecule has 1 rings (SSSR count). The van der Waals surface area contributed by atoms with E-state index >= 15 is 0 Å². The van der Waals surface area contributed by atoms with Crippen molar-refractivity contribution in [3.63, 3.8) is 0 Å². The average Bonchev–Trinajstić information content (AvgIpc) is 2.36. The Morgan fingerprint density at radius 3 is 2.82 bits per heavy atom. The number of methoxy groups -OCH3 is 1. The average molecular weight is 254 g/mol. The zero-order valence-corrected chi connectivity index (χ0v) is 11.1. The summed E-state index contributed by atoms with van der Waals surface area (Å²) in [4.78, 5) is 12.4. The molecule has 1 atom stereocenters. The molecule has 0 spiro atoms. The van der Waals surface area contributed by atoms with Gasteiger partial charge in [-0.1, -0.05) is 6.07 Å². The van der Waals surface area contributed by atoms with Gasteiger partial charge in [0.2, 0.25) is 5.91 Å². The minimum absolute atomic E-state index is 0.351. The van der Waals surface area contributed by atoms with Gasteiger partial charge in [0.25, 0.3) is 0 Å². The summed E-state index contributed by atoms with van der Waals surface area (Å²) in [5.74, 6) is 1.03. The van der Waals surface area contributed by atoms with E-state index in [1.165, 1.54) is 0 Å². The maximum Gasteiger partial charge on any atom is 0.238 e. The normalized spacial score (nSPS) is 14.1. The number of benzene rings is 1. The van der Waals surface area contributed by atoms with Gasteiger partial charge in [0, 0.05) is 10.6 Å². The molecule has 0 fully saturated rings. The number of nitrogens with one attached hydrogen (secondary N) is 1. The van der Waals surface area contributed by atoms with Crippen molar-refractivity contribution in [2.24, 2.45) is 5.73 Å². The molecule has 0 heterocycles. The fourth-order valence-corrected chi connectivity index (χ4v) is 2.30. The molecule has 0 radical (unpaired) electrons. The lowest BCUT2D eigenvalue weighted by atomic mass is 10.1. The van der Waals surface area contributed by atoms with Crippen LogP contribution in [0.25, 0.3) is 0 Å². The lowest BCUT2D eigenvalue weighted by molar-refractivity contribution is -0.122. The van der Waals surface area contributed by atoms with Crippen molar-refractivity contribution in [2.45, 2.75) is 17.4 Å². The van der Waals surface area contributed by atoms with Crippen LogP contribution in [0, 0.1) is 0 Å². The summed E-state index contributed by atoms with van der Waals surface area (Å²) in [6, 6.07) is 7.71. The van der Waals surface area contributed by atoms with Gasteiger partial charge in [-0.05, 0) is 32.2 Å². The van der Waals surface area contributed by atoms with Crippen LogP contribution in [0.1, 0.15) is 6.92 Å². The van der Waals surface area contributed by atoms with Crippen molar-refractivity contribution in [1.29, 1.82) is 0 Å². The van der Waals surface area contributed by atoms with Crippen LogP contribution in [-0.4, -0.2) is 31.4 Å². The van der Waals surface area contributed by atoms with Crippen molar-refractivity contribution >= 4 is 17.7 Å². The first kappa shape index (κ1) is 13.9. The number of rotatable bonds is 6. The van der Waals surface area contributed by atoms with Crippen LogP contribution in [0.5, 0.6) is 5.75 Å². The van der Waals surface area contributed by atoms with Gasteiger partial charge in [0.1, 0.15) is 11.3 Å². The highest BCUT2D eigenvalue weighted by molar-refractivity contribution is 7.99. The highest BCUT2D eigenvalue weighted by Gasteiger charge is 2.28. The molecule has 4 nitrogen and oxygen atoms in total. The standard InChI is InChI=1S/C12H18N2O2S/c1-12(14-2,11(13)15)8-17-10-6-4-5-9(7-10)16-3/h4-7,14H,8H2,1-3H3,(H2,13,15). The summed E-state index contributed by atoms with van der Waals surface area (Å²) >= 11 is 1.57. The molecule has 0 saturated carbocycles. The number of primary amides is 1. The van der Waals surface area contributed by atoms with Gasteiger partial charge in [-0.25, -0.2) is 0 Å². The summed E-state index contributed by atoms with van der Waals surface area (Å²) in [5, 5.41) is 2.95. The monoisotopic (exact) mass is 254 g/mol. The number of thioether (sulfide) groups is 1. The van der Waals surface area contributed by atoms with Crippen molar-refractivity contribution in [1.82, 2.24) is 5.32 Å². The third kappa shape index (κ3) is 3.64. The van der Waals surface area contributed by atoms with E-state index in [2.05, 4.69) is 5.32 Å². The van der Waals surface area contributed by atoms with Gasteiger partial charge >= 0.3 is 0 Å². The van der Waals surface area contributed by atoms with E-state index in [4.69, 9.17) is 10.5 Å². The number of amides is 1. The maximum absolute atomic E-state index is 11.3. The number of carbonyl (C=O) groups is 1. The molecule has 1 aromatic rings. The Morgan fingerprint density at radius 2 is 2.29 bits per heavy atom. The topological polar surface area (TPSA) is 64.3 Å². The Kier molecular flexibility index (Phi) is 4.84. The van der Waals surface area contributed by atoms with Crippen LogP contribution < -0.4 is 15.8 Å². The third-order valence-electron chi connectivity index (χ3n) is 2.66. The van der Waals surface area contributed by atoms with Crippen LogP contribution >= 0.6 is 11.8 Å². The molecule has 17 heavy (non-hydrogen) atoms. The van der Waals surface area contributed by atoms with Crippen LogP contribution in [0.3, 0.4) is 0 Å². The van der Waals surface area contributed by atoms with E-state index in [9.17, 15) is 4.79 Å². The van der Waals surface area contributed by atoms with Gasteiger partial charge < -0.3 is 15.8 Å². The van der Waals surface area contributed by atoms with Crippen molar-refractivity contribution in [3.05, 3.63) is 24.3 Å². The highest BCUT2D eigenvalue weighted by atomic mass is 32.2. The maximum atomic E-state index is 11.3. The minimum Gasteiger partial charge on any atom is -0.497 e. The first-order valence-electron chi connectivity index (χ1n) is 5.27. The predicted molar refractivity (Wildman–Crippen MR) is 70.4 cm³/mol. The predicted octanol–water partition coefficient (Wildman–Crippen LogP) is 1.25. The molecule has 0 aliphatic rings. The molecular formula is C12H18N2O2S. The first-order valence-corrected chi connectivity index (χ1v) is 6.26. The number of likely N-dealkylation sites (N-methyl/N-ethyl adjacent to an activating group) is 1. The number of carbonyl (C=O) groups excluding carboxylic acids is 1. The van der Waals surface area contributed by atoms with Crippen molar-refractivity contribution < 1.29 is 9.53 Å². The largest absolute Gasteiger partial charge is 0.497 e. The lowest BCUT2D eigenvalue weighted by Crippen LogP contribution is -2.53. The third-order valence-corrected chi connectivity index (χ3v) is 3.97. The van der Waals surface area contributed by atoms with E-state index < -0.39 is 5.54 Å². The molecule has 0 bridgehead atoms. The van der Waals surface area contributed by atoms with Crippen LogP contribution in [0.15, 0.2) is 29.2 Å². The van der Waals surface area contributed by atoms with Crippen LogP contribution in [0.2, 0.25) is 0 Å². The molecule has 3 N–H and O–H groups in total. The zero-order chi connectivity index (χ0) is 12.9. The lowest BCUT2D eigenvalue weighted by Gasteiger charge is -2.24.